The number of halogens is 2. The van der Waals surface area contributed by atoms with E-state index in [9.17, 15) is 14.4 Å². The van der Waals surface area contributed by atoms with E-state index in [0.717, 1.165) is 0 Å². The van der Waals surface area contributed by atoms with Crippen molar-refractivity contribution in [1.82, 2.24) is 0 Å². The van der Waals surface area contributed by atoms with Crippen molar-refractivity contribution in [3.05, 3.63) is 74.1 Å². The van der Waals surface area contributed by atoms with E-state index in [1.807, 2.05) is 0 Å². The summed E-state index contributed by atoms with van der Waals surface area (Å²) in [5.74, 6) is -1.78. The van der Waals surface area contributed by atoms with Crippen LogP contribution < -0.4 is 10.9 Å². The van der Waals surface area contributed by atoms with Crippen LogP contribution in [0.1, 0.15) is 20.7 Å². The third kappa shape index (κ3) is 3.50. The average Bonchev–Trinajstić information content (AvgIpc) is 2.55. The topological polar surface area (TPSA) is 96.6 Å². The lowest BCUT2D eigenvalue weighted by Gasteiger charge is -2.06. The van der Waals surface area contributed by atoms with Crippen LogP contribution in [0.4, 0.5) is 5.69 Å². The fourth-order valence-electron chi connectivity index (χ4n) is 2.21. The molecule has 25 heavy (non-hydrogen) atoms. The largest absolute Gasteiger partial charge is 0.478 e. The highest BCUT2D eigenvalue weighted by Gasteiger charge is 2.16. The molecule has 0 bridgehead atoms. The highest BCUT2D eigenvalue weighted by molar-refractivity contribution is 6.38. The van der Waals surface area contributed by atoms with Crippen molar-refractivity contribution in [2.24, 2.45) is 0 Å². The molecular weight excluding hydrogens is 369 g/mol. The van der Waals surface area contributed by atoms with Gasteiger partial charge in [0, 0.05) is 16.1 Å². The Balaban J connectivity index is 1.95. The number of carboxylic acid groups (broad SMARTS) is 1. The maximum Gasteiger partial charge on any atom is 0.349 e. The number of hydrogen-bond donors (Lipinski definition) is 2. The molecule has 3 rings (SSSR count). The van der Waals surface area contributed by atoms with Crippen molar-refractivity contribution in [2.45, 2.75) is 0 Å². The van der Waals surface area contributed by atoms with Gasteiger partial charge < -0.3 is 14.8 Å². The second kappa shape index (κ2) is 6.58. The van der Waals surface area contributed by atoms with Crippen LogP contribution in [0.5, 0.6) is 0 Å². The van der Waals surface area contributed by atoms with Crippen molar-refractivity contribution in [2.75, 3.05) is 5.32 Å². The molecule has 126 valence electrons. The Hall–Kier alpha value is -2.83. The number of hydrogen-bond acceptors (Lipinski definition) is 4. The number of carboxylic acids is 1. The zero-order chi connectivity index (χ0) is 18.1. The molecule has 0 aliphatic carbocycles. The normalized spacial score (nSPS) is 10.6. The van der Waals surface area contributed by atoms with E-state index in [0.29, 0.717) is 16.1 Å². The van der Waals surface area contributed by atoms with Crippen molar-refractivity contribution in [3.8, 4) is 0 Å². The fourth-order valence-corrected chi connectivity index (χ4v) is 2.76. The smallest absolute Gasteiger partial charge is 0.349 e. The average molecular weight is 378 g/mol. The quantitative estimate of drug-likeness (QED) is 0.671. The summed E-state index contributed by atoms with van der Waals surface area (Å²) in [5.41, 5.74) is -0.533. The third-order valence-electron chi connectivity index (χ3n) is 3.39. The Morgan fingerprint density at radius 1 is 1.04 bits per heavy atom. The molecule has 0 spiro atoms. The number of nitrogens with one attached hydrogen (secondary N) is 1. The van der Waals surface area contributed by atoms with E-state index in [-0.39, 0.29) is 21.7 Å². The monoisotopic (exact) mass is 377 g/mol. The Morgan fingerprint density at radius 2 is 1.72 bits per heavy atom. The SMILES string of the molecule is O=C(O)c1ccc(NC(=O)c2cc3cc(Cl)cc(Cl)c3oc2=O)cc1. The maximum absolute atomic E-state index is 12.3. The van der Waals surface area contributed by atoms with Crippen molar-refractivity contribution in [1.29, 1.82) is 0 Å². The highest BCUT2D eigenvalue weighted by atomic mass is 35.5. The number of amides is 1. The van der Waals surface area contributed by atoms with Crippen LogP contribution >= 0.6 is 23.2 Å². The van der Waals surface area contributed by atoms with Crippen LogP contribution in [0.2, 0.25) is 10.0 Å². The number of aromatic carboxylic acids is 1. The molecule has 1 heterocycles. The van der Waals surface area contributed by atoms with E-state index in [4.69, 9.17) is 32.7 Å². The Labute approximate surface area is 150 Å². The Bertz CT molecular complexity index is 1060. The van der Waals surface area contributed by atoms with E-state index in [1.165, 1.54) is 42.5 Å². The van der Waals surface area contributed by atoms with Gasteiger partial charge >= 0.3 is 11.6 Å². The number of anilines is 1. The summed E-state index contributed by atoms with van der Waals surface area (Å²) in [6.45, 7) is 0. The maximum atomic E-state index is 12.3. The predicted octanol–water partition coefficient (Wildman–Crippen LogP) is 4.05. The molecule has 0 saturated heterocycles. The van der Waals surface area contributed by atoms with Gasteiger partial charge in [-0.05, 0) is 42.5 Å². The summed E-state index contributed by atoms with van der Waals surface area (Å²) in [6.07, 6.45) is 0. The summed E-state index contributed by atoms with van der Waals surface area (Å²) >= 11 is 11.9. The summed E-state index contributed by atoms with van der Waals surface area (Å²) in [6, 6.07) is 9.78. The zero-order valence-corrected chi connectivity index (χ0v) is 13.9. The molecule has 1 amide bonds. The van der Waals surface area contributed by atoms with Crippen molar-refractivity contribution in [3.63, 3.8) is 0 Å². The van der Waals surface area contributed by atoms with E-state index in [1.54, 1.807) is 0 Å². The van der Waals surface area contributed by atoms with E-state index >= 15 is 0 Å². The molecule has 2 aromatic carbocycles. The van der Waals surface area contributed by atoms with Gasteiger partial charge in [0.25, 0.3) is 5.91 Å². The first kappa shape index (κ1) is 17.0. The van der Waals surface area contributed by atoms with Crippen LogP contribution in [0.15, 0.2) is 51.7 Å². The minimum Gasteiger partial charge on any atom is -0.478 e. The molecule has 0 unspecified atom stereocenters. The lowest BCUT2D eigenvalue weighted by atomic mass is 10.1. The van der Waals surface area contributed by atoms with Gasteiger partial charge in [0.1, 0.15) is 5.56 Å². The van der Waals surface area contributed by atoms with E-state index in [2.05, 4.69) is 5.32 Å². The first-order chi connectivity index (χ1) is 11.8. The van der Waals surface area contributed by atoms with Crippen LogP contribution in [0, 0.1) is 0 Å². The number of fused-ring (bicyclic) bond motifs is 1. The first-order valence-corrected chi connectivity index (χ1v) is 7.68. The second-order valence-corrected chi connectivity index (χ2v) is 5.93. The second-order valence-electron chi connectivity index (χ2n) is 5.09. The molecule has 0 atom stereocenters. The minimum atomic E-state index is -1.08. The summed E-state index contributed by atoms with van der Waals surface area (Å²) in [5, 5.41) is 12.3. The number of carbonyl (C=O) groups excluding carboxylic acids is 1. The van der Waals surface area contributed by atoms with Gasteiger partial charge in [-0.1, -0.05) is 23.2 Å². The van der Waals surface area contributed by atoms with Gasteiger partial charge in [-0.25, -0.2) is 9.59 Å². The molecule has 2 N–H and O–H groups in total. The van der Waals surface area contributed by atoms with Gasteiger partial charge in [0.15, 0.2) is 5.58 Å². The van der Waals surface area contributed by atoms with Gasteiger partial charge in [-0.2, -0.15) is 0 Å². The van der Waals surface area contributed by atoms with Crippen LogP contribution in [0.3, 0.4) is 0 Å². The highest BCUT2D eigenvalue weighted by Crippen LogP contribution is 2.27. The van der Waals surface area contributed by atoms with Gasteiger partial charge in [-0.3, -0.25) is 4.79 Å². The number of rotatable bonds is 3. The molecule has 0 aliphatic rings. The summed E-state index contributed by atoms with van der Waals surface area (Å²) in [7, 11) is 0. The summed E-state index contributed by atoms with van der Waals surface area (Å²) in [4.78, 5) is 35.2. The zero-order valence-electron chi connectivity index (χ0n) is 12.4. The molecule has 0 saturated carbocycles. The van der Waals surface area contributed by atoms with Gasteiger partial charge in [-0.15, -0.1) is 0 Å². The van der Waals surface area contributed by atoms with Crippen molar-refractivity contribution >= 4 is 51.7 Å². The Kier molecular flexibility index (Phi) is 4.48. The number of benzene rings is 2. The molecule has 1 aromatic heterocycles. The Morgan fingerprint density at radius 3 is 2.36 bits per heavy atom. The van der Waals surface area contributed by atoms with E-state index < -0.39 is 17.5 Å². The first-order valence-electron chi connectivity index (χ1n) is 6.93. The molecular formula is C17H9Cl2NO5. The molecule has 6 nitrogen and oxygen atoms in total. The van der Waals surface area contributed by atoms with Gasteiger partial charge in [0.05, 0.1) is 10.6 Å². The molecule has 0 radical (unpaired) electrons. The molecule has 0 fully saturated rings. The lowest BCUT2D eigenvalue weighted by Crippen LogP contribution is -2.20. The van der Waals surface area contributed by atoms with Gasteiger partial charge in [0.2, 0.25) is 0 Å². The van der Waals surface area contributed by atoms with Crippen LogP contribution in [0.25, 0.3) is 11.0 Å². The summed E-state index contributed by atoms with van der Waals surface area (Å²) < 4.78 is 5.10. The fraction of sp³-hybridized carbons (Fsp3) is 0. The van der Waals surface area contributed by atoms with Crippen molar-refractivity contribution < 1.29 is 19.1 Å². The molecule has 0 aliphatic heterocycles. The predicted molar refractivity (Wildman–Crippen MR) is 93.9 cm³/mol. The molecule has 8 heteroatoms. The van der Waals surface area contributed by atoms with Crippen LogP contribution in [-0.4, -0.2) is 17.0 Å². The lowest BCUT2D eigenvalue weighted by molar-refractivity contribution is 0.0696. The molecule has 3 aromatic rings. The number of carbonyl (C=O) groups is 2. The standard InChI is InChI=1S/C17H9Cl2NO5/c18-10-5-9-6-12(17(24)25-14(9)13(19)7-10)15(21)20-11-3-1-8(2-4-11)16(22)23/h1-7H,(H,20,21)(H,22,23). The van der Waals surface area contributed by atoms with Crippen LogP contribution in [-0.2, 0) is 0 Å². The third-order valence-corrected chi connectivity index (χ3v) is 3.88. The minimum absolute atomic E-state index is 0.0764.